The number of pyridine rings is 1. The zero-order valence-corrected chi connectivity index (χ0v) is 10.5. The van der Waals surface area contributed by atoms with Crippen molar-refractivity contribution in [2.24, 2.45) is 0 Å². The minimum atomic E-state index is 0. The van der Waals surface area contributed by atoms with Crippen LogP contribution in [0.3, 0.4) is 0 Å². The molecule has 0 spiro atoms. The first-order valence-electron chi connectivity index (χ1n) is 4.68. The number of nitrogens with zero attached hydrogens (tertiary/aromatic N) is 1. The highest BCUT2D eigenvalue weighted by atomic mass is 35.5. The number of halogens is 2. The first-order chi connectivity index (χ1) is 6.43. The summed E-state index contributed by atoms with van der Waals surface area (Å²) < 4.78 is 0. The van der Waals surface area contributed by atoms with E-state index in [9.17, 15) is 0 Å². The quantitative estimate of drug-likeness (QED) is 0.755. The van der Waals surface area contributed by atoms with E-state index in [1.807, 2.05) is 31.4 Å². The molecule has 0 unspecified atom stereocenters. The molecule has 0 saturated heterocycles. The van der Waals surface area contributed by atoms with Crippen LogP contribution in [0.1, 0.15) is 12.1 Å². The summed E-state index contributed by atoms with van der Waals surface area (Å²) in [7, 11) is 1.97. The molecule has 1 aromatic rings. The van der Waals surface area contributed by atoms with Crippen molar-refractivity contribution in [3.63, 3.8) is 0 Å². The maximum Gasteiger partial charge on any atom is 0.0541 e. The van der Waals surface area contributed by atoms with E-state index in [0.29, 0.717) is 0 Å². The Bertz CT molecular complexity index is 219. The van der Waals surface area contributed by atoms with Crippen LogP contribution in [-0.4, -0.2) is 25.1 Å². The normalized spacial score (nSPS) is 8.87. The Morgan fingerprint density at radius 3 is 2.60 bits per heavy atom. The van der Waals surface area contributed by atoms with E-state index in [1.165, 1.54) is 0 Å². The molecule has 0 aliphatic rings. The molecule has 1 aromatic heterocycles. The molecule has 0 bridgehead atoms. The van der Waals surface area contributed by atoms with Crippen molar-refractivity contribution in [3.8, 4) is 0 Å². The Balaban J connectivity index is 0. The number of nitrogens with one attached hydrogen (secondary N) is 2. The summed E-state index contributed by atoms with van der Waals surface area (Å²) in [4.78, 5) is 4.22. The van der Waals surface area contributed by atoms with E-state index >= 15 is 0 Å². The molecule has 1 heterocycles. The Kier molecular flexibility index (Phi) is 13.3. The molecule has 88 valence electrons. The highest BCUT2D eigenvalue weighted by Crippen LogP contribution is 1.91. The average Bonchev–Trinajstić information content (AvgIpc) is 2.19. The molecule has 0 saturated carbocycles. The summed E-state index contributed by atoms with van der Waals surface area (Å²) in [5.41, 5.74) is 1.10. The van der Waals surface area contributed by atoms with Crippen molar-refractivity contribution < 1.29 is 0 Å². The van der Waals surface area contributed by atoms with Crippen molar-refractivity contribution >= 4 is 24.8 Å². The lowest BCUT2D eigenvalue weighted by Crippen LogP contribution is -2.19. The maximum absolute atomic E-state index is 4.22. The fraction of sp³-hybridized carbons (Fsp3) is 0.500. The van der Waals surface area contributed by atoms with E-state index in [1.54, 1.807) is 0 Å². The van der Waals surface area contributed by atoms with Gasteiger partial charge < -0.3 is 10.6 Å². The van der Waals surface area contributed by atoms with Gasteiger partial charge in [0.1, 0.15) is 0 Å². The largest absolute Gasteiger partial charge is 0.320 e. The molecule has 5 heteroatoms. The van der Waals surface area contributed by atoms with Gasteiger partial charge in [-0.2, -0.15) is 0 Å². The first kappa shape index (κ1) is 17.1. The molecule has 0 atom stereocenters. The molecule has 2 N–H and O–H groups in total. The Morgan fingerprint density at radius 2 is 2.00 bits per heavy atom. The lowest BCUT2D eigenvalue weighted by molar-refractivity contribution is 0.619. The van der Waals surface area contributed by atoms with Crippen LogP contribution in [0, 0.1) is 0 Å². The molecule has 0 amide bonds. The minimum absolute atomic E-state index is 0. The molecule has 3 nitrogen and oxygen atoms in total. The summed E-state index contributed by atoms with van der Waals surface area (Å²) in [6.45, 7) is 2.97. The van der Waals surface area contributed by atoms with Gasteiger partial charge in [-0.25, -0.2) is 0 Å². The van der Waals surface area contributed by atoms with Crippen LogP contribution >= 0.6 is 24.8 Å². The highest BCUT2D eigenvalue weighted by Gasteiger charge is 1.90. The van der Waals surface area contributed by atoms with E-state index in [4.69, 9.17) is 0 Å². The van der Waals surface area contributed by atoms with Crippen molar-refractivity contribution in [2.75, 3.05) is 20.1 Å². The van der Waals surface area contributed by atoms with Crippen LogP contribution in [0.5, 0.6) is 0 Å². The number of hydrogen-bond donors (Lipinski definition) is 2. The maximum atomic E-state index is 4.22. The molecular weight excluding hydrogens is 233 g/mol. The number of rotatable bonds is 6. The monoisotopic (exact) mass is 251 g/mol. The fourth-order valence-electron chi connectivity index (χ4n) is 1.11. The summed E-state index contributed by atoms with van der Waals surface area (Å²) in [5.74, 6) is 0. The molecule has 1 rings (SSSR count). The fourth-order valence-corrected chi connectivity index (χ4v) is 1.11. The Labute approximate surface area is 104 Å². The van der Waals surface area contributed by atoms with Gasteiger partial charge in [0.25, 0.3) is 0 Å². The Morgan fingerprint density at radius 1 is 1.20 bits per heavy atom. The second kappa shape index (κ2) is 11.7. The van der Waals surface area contributed by atoms with Crippen LogP contribution in [0.15, 0.2) is 24.4 Å². The zero-order valence-electron chi connectivity index (χ0n) is 8.90. The van der Waals surface area contributed by atoms with E-state index < -0.39 is 0 Å². The highest BCUT2D eigenvalue weighted by molar-refractivity contribution is 5.85. The topological polar surface area (TPSA) is 37.0 Å². The van der Waals surface area contributed by atoms with Gasteiger partial charge in [-0.3, -0.25) is 4.98 Å². The minimum Gasteiger partial charge on any atom is -0.320 e. The third-order valence-corrected chi connectivity index (χ3v) is 1.81. The van der Waals surface area contributed by atoms with Gasteiger partial charge >= 0.3 is 0 Å². The van der Waals surface area contributed by atoms with Gasteiger partial charge in [-0.05, 0) is 38.7 Å². The predicted molar refractivity (Wildman–Crippen MR) is 69.0 cm³/mol. The molecule has 0 radical (unpaired) electrons. The van der Waals surface area contributed by atoms with E-state index in [-0.39, 0.29) is 24.8 Å². The average molecular weight is 252 g/mol. The van der Waals surface area contributed by atoms with E-state index in [2.05, 4.69) is 15.6 Å². The summed E-state index contributed by atoms with van der Waals surface area (Å²) in [5, 5.41) is 6.44. The standard InChI is InChI=1S/C10H17N3.2ClH/c1-11-6-4-7-12-9-10-5-2-3-8-13-10;;/h2-3,5,8,11-12H,4,6-7,9H2,1H3;2*1H. The second-order valence-corrected chi connectivity index (χ2v) is 2.95. The third kappa shape index (κ3) is 8.63. The van der Waals surface area contributed by atoms with Crippen molar-refractivity contribution in [3.05, 3.63) is 30.1 Å². The lowest BCUT2D eigenvalue weighted by Gasteiger charge is -2.03. The lowest BCUT2D eigenvalue weighted by atomic mass is 10.3. The van der Waals surface area contributed by atoms with Gasteiger partial charge in [0.2, 0.25) is 0 Å². The Hall–Kier alpha value is -0.350. The van der Waals surface area contributed by atoms with Crippen LogP contribution in [0.4, 0.5) is 0 Å². The van der Waals surface area contributed by atoms with E-state index in [0.717, 1.165) is 31.7 Å². The third-order valence-electron chi connectivity index (χ3n) is 1.81. The predicted octanol–water partition coefficient (Wildman–Crippen LogP) is 1.62. The van der Waals surface area contributed by atoms with Crippen LogP contribution in [0.25, 0.3) is 0 Å². The van der Waals surface area contributed by atoms with Crippen LogP contribution in [0.2, 0.25) is 0 Å². The summed E-state index contributed by atoms with van der Waals surface area (Å²) in [6, 6.07) is 5.98. The van der Waals surface area contributed by atoms with Gasteiger partial charge in [0.15, 0.2) is 0 Å². The van der Waals surface area contributed by atoms with Crippen LogP contribution in [-0.2, 0) is 6.54 Å². The molecule has 15 heavy (non-hydrogen) atoms. The van der Waals surface area contributed by atoms with Gasteiger partial charge in [-0.1, -0.05) is 6.07 Å². The van der Waals surface area contributed by atoms with Crippen molar-refractivity contribution in [1.82, 2.24) is 15.6 Å². The number of aromatic nitrogens is 1. The molecule has 0 aliphatic carbocycles. The summed E-state index contributed by atoms with van der Waals surface area (Å²) in [6.07, 6.45) is 2.98. The van der Waals surface area contributed by atoms with Crippen LogP contribution < -0.4 is 10.6 Å². The molecule has 0 aromatic carbocycles. The van der Waals surface area contributed by atoms with Crippen molar-refractivity contribution in [1.29, 1.82) is 0 Å². The summed E-state index contributed by atoms with van der Waals surface area (Å²) >= 11 is 0. The molecule has 0 aliphatic heterocycles. The SMILES string of the molecule is CNCCCNCc1ccccn1.Cl.Cl. The first-order valence-corrected chi connectivity index (χ1v) is 4.68. The van der Waals surface area contributed by atoms with Gasteiger partial charge in [0.05, 0.1) is 5.69 Å². The second-order valence-electron chi connectivity index (χ2n) is 2.95. The molecular formula is C10H19Cl2N3. The van der Waals surface area contributed by atoms with Gasteiger partial charge in [-0.15, -0.1) is 24.8 Å². The van der Waals surface area contributed by atoms with Crippen molar-refractivity contribution in [2.45, 2.75) is 13.0 Å². The molecule has 0 fully saturated rings. The van der Waals surface area contributed by atoms with Gasteiger partial charge in [0, 0.05) is 12.7 Å². The number of hydrogen-bond acceptors (Lipinski definition) is 3. The zero-order chi connectivity index (χ0) is 9.36. The smallest absolute Gasteiger partial charge is 0.0541 e.